The first-order chi connectivity index (χ1) is 8.29. The maximum Gasteiger partial charge on any atom is 0.130 e. The van der Waals surface area contributed by atoms with Crippen LogP contribution in [-0.2, 0) is 0 Å². The molecule has 0 aliphatic rings. The van der Waals surface area contributed by atoms with Gasteiger partial charge in [-0.1, -0.05) is 12.1 Å². The Morgan fingerprint density at radius 1 is 1.18 bits per heavy atom. The van der Waals surface area contributed by atoms with Gasteiger partial charge in [-0.05, 0) is 36.8 Å². The summed E-state index contributed by atoms with van der Waals surface area (Å²) in [5.74, 6) is 1.34. The third-order valence-electron chi connectivity index (χ3n) is 2.44. The summed E-state index contributed by atoms with van der Waals surface area (Å²) in [6.07, 6.45) is 3.36. The molecule has 0 saturated heterocycles. The topological polar surface area (TPSA) is 45.9 Å². The fourth-order valence-electron chi connectivity index (χ4n) is 1.46. The van der Waals surface area contributed by atoms with E-state index >= 15 is 0 Å². The van der Waals surface area contributed by atoms with Crippen molar-refractivity contribution >= 4 is 0 Å². The minimum Gasteiger partial charge on any atom is -0.457 e. The number of ether oxygens (including phenoxy) is 1. The molecule has 0 bridgehead atoms. The molecule has 17 heavy (non-hydrogen) atoms. The van der Waals surface area contributed by atoms with Gasteiger partial charge < -0.3 is 4.74 Å². The molecule has 1 heterocycles. The molecule has 1 unspecified atom stereocenters. The van der Waals surface area contributed by atoms with E-state index in [4.69, 9.17) is 10.00 Å². The summed E-state index contributed by atoms with van der Waals surface area (Å²) < 4.78 is 5.66. The summed E-state index contributed by atoms with van der Waals surface area (Å²) in [7, 11) is 0. The van der Waals surface area contributed by atoms with Crippen molar-refractivity contribution in [3.63, 3.8) is 0 Å². The zero-order valence-electron chi connectivity index (χ0n) is 9.50. The van der Waals surface area contributed by atoms with Gasteiger partial charge in [0.05, 0.1) is 12.0 Å². The van der Waals surface area contributed by atoms with Crippen molar-refractivity contribution in [3.8, 4) is 17.6 Å². The summed E-state index contributed by atoms with van der Waals surface area (Å²) in [5.41, 5.74) is 0.957. The first-order valence-corrected chi connectivity index (χ1v) is 5.37. The van der Waals surface area contributed by atoms with Gasteiger partial charge in [-0.2, -0.15) is 5.26 Å². The molecule has 0 saturated carbocycles. The number of rotatable bonds is 3. The lowest BCUT2D eigenvalue weighted by Crippen LogP contribution is -1.91. The fourth-order valence-corrected chi connectivity index (χ4v) is 1.46. The molecule has 3 nitrogen and oxygen atoms in total. The molecule has 84 valence electrons. The SMILES string of the molecule is CC(C#N)c1cccc(Oc2ccncc2)c1. The van der Waals surface area contributed by atoms with E-state index in [9.17, 15) is 0 Å². The van der Waals surface area contributed by atoms with Crippen LogP contribution in [0.5, 0.6) is 11.5 Å². The van der Waals surface area contributed by atoms with Crippen LogP contribution in [0.25, 0.3) is 0 Å². The number of pyridine rings is 1. The first-order valence-electron chi connectivity index (χ1n) is 5.37. The summed E-state index contributed by atoms with van der Waals surface area (Å²) in [6, 6.07) is 13.4. The van der Waals surface area contributed by atoms with E-state index in [1.54, 1.807) is 24.5 Å². The van der Waals surface area contributed by atoms with Gasteiger partial charge in [0.2, 0.25) is 0 Å². The van der Waals surface area contributed by atoms with Crippen molar-refractivity contribution in [2.45, 2.75) is 12.8 Å². The second-order valence-corrected chi connectivity index (χ2v) is 3.71. The van der Waals surface area contributed by atoms with Gasteiger partial charge in [-0.15, -0.1) is 0 Å². The van der Waals surface area contributed by atoms with Gasteiger partial charge in [0.25, 0.3) is 0 Å². The second kappa shape index (κ2) is 5.13. The molecule has 0 amide bonds. The largest absolute Gasteiger partial charge is 0.457 e. The van der Waals surface area contributed by atoms with Crippen LogP contribution in [0.1, 0.15) is 18.4 Å². The monoisotopic (exact) mass is 224 g/mol. The predicted molar refractivity (Wildman–Crippen MR) is 64.8 cm³/mol. The van der Waals surface area contributed by atoms with Crippen LogP contribution in [-0.4, -0.2) is 4.98 Å². The van der Waals surface area contributed by atoms with E-state index in [1.807, 2.05) is 31.2 Å². The van der Waals surface area contributed by atoms with E-state index in [0.717, 1.165) is 17.1 Å². The van der Waals surface area contributed by atoms with Gasteiger partial charge in [0.1, 0.15) is 11.5 Å². The average Bonchev–Trinajstić information content (AvgIpc) is 2.39. The van der Waals surface area contributed by atoms with E-state index in [0.29, 0.717) is 0 Å². The van der Waals surface area contributed by atoms with E-state index in [-0.39, 0.29) is 5.92 Å². The van der Waals surface area contributed by atoms with Crippen LogP contribution in [0.2, 0.25) is 0 Å². The summed E-state index contributed by atoms with van der Waals surface area (Å²) >= 11 is 0. The number of nitrogens with zero attached hydrogens (tertiary/aromatic N) is 2. The van der Waals surface area contributed by atoms with Crippen LogP contribution < -0.4 is 4.74 Å². The highest BCUT2D eigenvalue weighted by atomic mass is 16.5. The molecule has 1 aromatic heterocycles. The Morgan fingerprint density at radius 2 is 1.94 bits per heavy atom. The summed E-state index contributed by atoms with van der Waals surface area (Å²) in [5, 5.41) is 8.87. The van der Waals surface area contributed by atoms with Crippen LogP contribution in [0.4, 0.5) is 0 Å². The smallest absolute Gasteiger partial charge is 0.130 e. The molecule has 0 fully saturated rings. The molecule has 0 N–H and O–H groups in total. The fraction of sp³-hybridized carbons (Fsp3) is 0.143. The van der Waals surface area contributed by atoms with Gasteiger partial charge >= 0.3 is 0 Å². The third-order valence-corrected chi connectivity index (χ3v) is 2.44. The van der Waals surface area contributed by atoms with Gasteiger partial charge in [-0.25, -0.2) is 0 Å². The summed E-state index contributed by atoms with van der Waals surface area (Å²) in [4.78, 5) is 3.92. The Labute approximate surface area is 100 Å². The van der Waals surface area contributed by atoms with Crippen LogP contribution >= 0.6 is 0 Å². The number of hydrogen-bond acceptors (Lipinski definition) is 3. The molecule has 1 aromatic carbocycles. The Balaban J connectivity index is 2.20. The molecule has 0 aliphatic heterocycles. The molecule has 0 radical (unpaired) electrons. The van der Waals surface area contributed by atoms with Crippen LogP contribution in [0, 0.1) is 11.3 Å². The van der Waals surface area contributed by atoms with Gasteiger partial charge in [-0.3, -0.25) is 4.98 Å². The van der Waals surface area contributed by atoms with Crippen molar-refractivity contribution in [2.24, 2.45) is 0 Å². The number of nitriles is 1. The van der Waals surface area contributed by atoms with Gasteiger partial charge in [0, 0.05) is 12.4 Å². The first kappa shape index (κ1) is 11.2. The zero-order chi connectivity index (χ0) is 12.1. The maximum atomic E-state index is 8.87. The molecule has 2 rings (SSSR count). The number of aromatic nitrogens is 1. The number of hydrogen-bond donors (Lipinski definition) is 0. The Bertz CT molecular complexity index is 531. The van der Waals surface area contributed by atoms with Gasteiger partial charge in [0.15, 0.2) is 0 Å². The van der Waals surface area contributed by atoms with Crippen LogP contribution in [0.3, 0.4) is 0 Å². The number of benzene rings is 1. The molecule has 0 spiro atoms. The van der Waals surface area contributed by atoms with Crippen molar-refractivity contribution < 1.29 is 4.74 Å². The standard InChI is InChI=1S/C14H12N2O/c1-11(10-15)12-3-2-4-14(9-12)17-13-5-7-16-8-6-13/h2-9,11H,1H3. The molecule has 3 heteroatoms. The molecule has 2 aromatic rings. The molecular weight excluding hydrogens is 212 g/mol. The summed E-state index contributed by atoms with van der Waals surface area (Å²) in [6.45, 7) is 1.87. The molecule has 0 aliphatic carbocycles. The lowest BCUT2D eigenvalue weighted by atomic mass is 10.0. The average molecular weight is 224 g/mol. The van der Waals surface area contributed by atoms with Crippen molar-refractivity contribution in [1.82, 2.24) is 4.98 Å². The third kappa shape index (κ3) is 2.82. The minimum atomic E-state index is -0.129. The molecular formula is C14H12N2O. The van der Waals surface area contributed by atoms with E-state index < -0.39 is 0 Å². The quantitative estimate of drug-likeness (QED) is 0.801. The van der Waals surface area contributed by atoms with E-state index in [1.165, 1.54) is 0 Å². The van der Waals surface area contributed by atoms with Crippen molar-refractivity contribution in [2.75, 3.05) is 0 Å². The van der Waals surface area contributed by atoms with E-state index in [2.05, 4.69) is 11.1 Å². The Morgan fingerprint density at radius 3 is 2.65 bits per heavy atom. The molecule has 1 atom stereocenters. The Kier molecular flexibility index (Phi) is 3.37. The maximum absolute atomic E-state index is 8.87. The predicted octanol–water partition coefficient (Wildman–Crippen LogP) is 3.50. The second-order valence-electron chi connectivity index (χ2n) is 3.71. The van der Waals surface area contributed by atoms with Crippen molar-refractivity contribution in [3.05, 3.63) is 54.4 Å². The Hall–Kier alpha value is -2.34. The van der Waals surface area contributed by atoms with Crippen LogP contribution in [0.15, 0.2) is 48.8 Å². The lowest BCUT2D eigenvalue weighted by molar-refractivity contribution is 0.481. The normalized spacial score (nSPS) is 11.5. The minimum absolute atomic E-state index is 0.129. The van der Waals surface area contributed by atoms with Crippen molar-refractivity contribution in [1.29, 1.82) is 5.26 Å². The zero-order valence-corrected chi connectivity index (χ0v) is 9.50. The lowest BCUT2D eigenvalue weighted by Gasteiger charge is -2.08. The highest BCUT2D eigenvalue weighted by molar-refractivity contribution is 5.35. The highest BCUT2D eigenvalue weighted by Crippen LogP contribution is 2.24. The highest BCUT2D eigenvalue weighted by Gasteiger charge is 2.05.